The third-order valence-electron chi connectivity index (χ3n) is 4.94. The van der Waals surface area contributed by atoms with Crippen LogP contribution in [0.5, 0.6) is 0 Å². The molecule has 0 aliphatic carbocycles. The highest BCUT2D eigenvalue weighted by molar-refractivity contribution is 7.99. The molecule has 0 fully saturated rings. The van der Waals surface area contributed by atoms with Crippen molar-refractivity contribution in [2.75, 3.05) is 12.3 Å². The van der Waals surface area contributed by atoms with E-state index < -0.39 is 0 Å². The third kappa shape index (κ3) is 6.53. The van der Waals surface area contributed by atoms with Gasteiger partial charge in [-0.15, -0.1) is 10.2 Å². The van der Waals surface area contributed by atoms with Gasteiger partial charge in [0.1, 0.15) is 5.82 Å². The monoisotopic (exact) mass is 450 g/mol. The number of hydrogen-bond donors (Lipinski definition) is 1. The van der Waals surface area contributed by atoms with Gasteiger partial charge in [0, 0.05) is 31.1 Å². The molecule has 7 heteroatoms. The van der Waals surface area contributed by atoms with Crippen molar-refractivity contribution in [2.45, 2.75) is 45.7 Å². The number of carbonyl (C=O) groups excluding carboxylic acids is 2. The third-order valence-corrected chi connectivity index (χ3v) is 5.86. The van der Waals surface area contributed by atoms with E-state index in [0.717, 1.165) is 23.5 Å². The van der Waals surface area contributed by atoms with Gasteiger partial charge >= 0.3 is 0 Å². The van der Waals surface area contributed by atoms with E-state index >= 15 is 0 Å². The first-order valence-electron chi connectivity index (χ1n) is 10.8. The Bertz CT molecular complexity index is 1070. The molecule has 1 N–H and O–H groups in total. The number of aryl methyl sites for hydroxylation is 1. The van der Waals surface area contributed by atoms with Gasteiger partial charge in [0.2, 0.25) is 5.91 Å². The first-order valence-corrected chi connectivity index (χ1v) is 11.8. The smallest absolute Gasteiger partial charge is 0.216 e. The summed E-state index contributed by atoms with van der Waals surface area (Å²) in [5.74, 6) is 1.59. The van der Waals surface area contributed by atoms with E-state index in [0.29, 0.717) is 29.6 Å². The largest absolute Gasteiger partial charge is 0.356 e. The van der Waals surface area contributed by atoms with E-state index in [1.54, 1.807) is 0 Å². The number of amides is 1. The van der Waals surface area contributed by atoms with Gasteiger partial charge in [-0.2, -0.15) is 0 Å². The zero-order chi connectivity index (χ0) is 23.1. The normalized spacial score (nSPS) is 11.0. The Kier molecular flexibility index (Phi) is 8.22. The SMILES string of the molecule is CC(=O)NCCc1nnc(SCC(=O)c2ccc(CC(C)C)cc2)n1-c1cccc(C)c1. The van der Waals surface area contributed by atoms with Crippen molar-refractivity contribution < 1.29 is 9.59 Å². The van der Waals surface area contributed by atoms with E-state index in [1.165, 1.54) is 24.2 Å². The summed E-state index contributed by atoms with van der Waals surface area (Å²) in [7, 11) is 0. The van der Waals surface area contributed by atoms with Gasteiger partial charge in [-0.1, -0.05) is 62.0 Å². The molecule has 3 aromatic rings. The van der Waals surface area contributed by atoms with Crippen LogP contribution in [0.4, 0.5) is 0 Å². The summed E-state index contributed by atoms with van der Waals surface area (Å²) >= 11 is 1.38. The van der Waals surface area contributed by atoms with Gasteiger partial charge in [-0.3, -0.25) is 14.2 Å². The Morgan fingerprint density at radius 3 is 2.50 bits per heavy atom. The molecule has 0 saturated heterocycles. The highest BCUT2D eigenvalue weighted by Gasteiger charge is 2.17. The second-order valence-electron chi connectivity index (χ2n) is 8.31. The minimum Gasteiger partial charge on any atom is -0.356 e. The predicted octanol–water partition coefficient (Wildman–Crippen LogP) is 4.43. The Hall–Kier alpha value is -2.93. The molecule has 1 heterocycles. The van der Waals surface area contributed by atoms with Gasteiger partial charge in [0.25, 0.3) is 0 Å². The number of thioether (sulfide) groups is 1. The quantitative estimate of drug-likeness (QED) is 0.365. The van der Waals surface area contributed by atoms with Crippen LogP contribution >= 0.6 is 11.8 Å². The molecule has 1 amide bonds. The fraction of sp³-hybridized carbons (Fsp3) is 0.360. The molecule has 0 aliphatic rings. The standard InChI is InChI=1S/C25H30N4O2S/c1-17(2)14-20-8-10-21(11-9-20)23(31)16-32-25-28-27-24(12-13-26-19(4)30)29(25)22-7-5-6-18(3)15-22/h5-11,15,17H,12-14,16H2,1-4H3,(H,26,30). The van der Waals surface area contributed by atoms with E-state index in [9.17, 15) is 9.59 Å². The number of hydrogen-bond acceptors (Lipinski definition) is 5. The molecule has 168 valence electrons. The van der Waals surface area contributed by atoms with E-state index in [2.05, 4.69) is 35.4 Å². The van der Waals surface area contributed by atoms with Crippen LogP contribution in [0.25, 0.3) is 5.69 Å². The maximum atomic E-state index is 12.8. The average Bonchev–Trinajstić information content (AvgIpc) is 3.14. The molecule has 0 unspecified atom stereocenters. The van der Waals surface area contributed by atoms with Crippen LogP contribution in [0.2, 0.25) is 0 Å². The Morgan fingerprint density at radius 1 is 1.09 bits per heavy atom. The fourth-order valence-electron chi connectivity index (χ4n) is 3.44. The summed E-state index contributed by atoms with van der Waals surface area (Å²) in [5.41, 5.74) is 4.02. The Balaban J connectivity index is 1.76. The van der Waals surface area contributed by atoms with Crippen molar-refractivity contribution in [1.82, 2.24) is 20.1 Å². The molecular formula is C25H30N4O2S. The topological polar surface area (TPSA) is 76.9 Å². The highest BCUT2D eigenvalue weighted by atomic mass is 32.2. The van der Waals surface area contributed by atoms with Crippen molar-refractivity contribution in [3.8, 4) is 5.69 Å². The number of rotatable bonds is 10. The number of benzene rings is 2. The van der Waals surface area contributed by atoms with Gasteiger partial charge in [-0.05, 0) is 42.5 Å². The Labute approximate surface area is 193 Å². The summed E-state index contributed by atoms with van der Waals surface area (Å²) in [6.07, 6.45) is 1.55. The number of aromatic nitrogens is 3. The molecule has 0 aliphatic heterocycles. The highest BCUT2D eigenvalue weighted by Crippen LogP contribution is 2.24. The summed E-state index contributed by atoms with van der Waals surface area (Å²) in [4.78, 5) is 24.0. The van der Waals surface area contributed by atoms with Gasteiger partial charge in [0.15, 0.2) is 10.9 Å². The van der Waals surface area contributed by atoms with E-state index in [4.69, 9.17) is 0 Å². The Morgan fingerprint density at radius 2 is 1.84 bits per heavy atom. The predicted molar refractivity (Wildman–Crippen MR) is 129 cm³/mol. The molecular weight excluding hydrogens is 420 g/mol. The first-order chi connectivity index (χ1) is 15.3. The van der Waals surface area contributed by atoms with Crippen LogP contribution in [-0.2, 0) is 17.6 Å². The zero-order valence-corrected chi connectivity index (χ0v) is 19.9. The lowest BCUT2D eigenvalue weighted by Crippen LogP contribution is -2.23. The second kappa shape index (κ2) is 11.1. The van der Waals surface area contributed by atoms with Crippen LogP contribution in [0.3, 0.4) is 0 Å². The minimum atomic E-state index is -0.0776. The molecule has 0 atom stereocenters. The van der Waals surface area contributed by atoms with E-state index in [-0.39, 0.29) is 17.4 Å². The number of nitrogens with one attached hydrogen (secondary N) is 1. The lowest BCUT2D eigenvalue weighted by molar-refractivity contribution is -0.118. The summed E-state index contributed by atoms with van der Waals surface area (Å²) in [6, 6.07) is 16.0. The minimum absolute atomic E-state index is 0.0599. The van der Waals surface area contributed by atoms with Crippen molar-refractivity contribution in [3.63, 3.8) is 0 Å². The average molecular weight is 451 g/mol. The lowest BCUT2D eigenvalue weighted by atomic mass is 10.0. The van der Waals surface area contributed by atoms with Crippen LogP contribution < -0.4 is 5.32 Å². The summed E-state index contributed by atoms with van der Waals surface area (Å²) in [6.45, 7) is 8.37. The van der Waals surface area contributed by atoms with Crippen LogP contribution in [0.1, 0.15) is 48.1 Å². The van der Waals surface area contributed by atoms with Gasteiger partial charge in [-0.25, -0.2) is 0 Å². The maximum absolute atomic E-state index is 12.8. The molecule has 0 saturated carbocycles. The summed E-state index contributed by atoms with van der Waals surface area (Å²) in [5, 5.41) is 12.1. The van der Waals surface area contributed by atoms with Gasteiger partial charge < -0.3 is 5.32 Å². The number of ketones is 1. The first kappa shape index (κ1) is 23.7. The van der Waals surface area contributed by atoms with Crippen molar-refractivity contribution >= 4 is 23.5 Å². The van der Waals surface area contributed by atoms with Crippen molar-refractivity contribution in [2.24, 2.45) is 5.92 Å². The number of carbonyl (C=O) groups is 2. The van der Waals surface area contributed by atoms with Crippen LogP contribution in [-0.4, -0.2) is 38.8 Å². The summed E-state index contributed by atoms with van der Waals surface area (Å²) < 4.78 is 1.97. The van der Waals surface area contributed by atoms with Crippen LogP contribution in [0.15, 0.2) is 53.7 Å². The second-order valence-corrected chi connectivity index (χ2v) is 9.26. The molecule has 2 aromatic carbocycles. The van der Waals surface area contributed by atoms with Gasteiger partial charge in [0.05, 0.1) is 5.75 Å². The lowest BCUT2D eigenvalue weighted by Gasteiger charge is -2.11. The van der Waals surface area contributed by atoms with Crippen LogP contribution in [0, 0.1) is 12.8 Å². The molecule has 0 bridgehead atoms. The van der Waals surface area contributed by atoms with E-state index in [1.807, 2.05) is 54.0 Å². The molecule has 1 aromatic heterocycles. The molecule has 0 spiro atoms. The zero-order valence-electron chi connectivity index (χ0n) is 19.1. The maximum Gasteiger partial charge on any atom is 0.216 e. The molecule has 32 heavy (non-hydrogen) atoms. The van der Waals surface area contributed by atoms with Crippen molar-refractivity contribution in [3.05, 3.63) is 71.0 Å². The number of nitrogens with zero attached hydrogens (tertiary/aromatic N) is 3. The molecule has 3 rings (SSSR count). The molecule has 0 radical (unpaired) electrons. The van der Waals surface area contributed by atoms with Crippen molar-refractivity contribution in [1.29, 1.82) is 0 Å². The fourth-order valence-corrected chi connectivity index (χ4v) is 4.31. The molecule has 6 nitrogen and oxygen atoms in total. The number of Topliss-reactive ketones (excluding diaryl/α,β-unsaturated/α-hetero) is 1.